The topological polar surface area (TPSA) is 75.3 Å². The summed E-state index contributed by atoms with van der Waals surface area (Å²) in [5.74, 6) is -0.608. The molecule has 0 fully saturated rings. The van der Waals surface area contributed by atoms with E-state index in [4.69, 9.17) is 0 Å². The van der Waals surface area contributed by atoms with Crippen LogP contribution in [0.2, 0.25) is 0 Å². The summed E-state index contributed by atoms with van der Waals surface area (Å²) in [5.41, 5.74) is 1.71. The Kier molecular flexibility index (Phi) is 5.82. The van der Waals surface area contributed by atoms with Crippen molar-refractivity contribution in [3.63, 3.8) is 0 Å². The van der Waals surface area contributed by atoms with Crippen molar-refractivity contribution in [3.8, 4) is 0 Å². The van der Waals surface area contributed by atoms with E-state index in [2.05, 4.69) is 10.0 Å². The monoisotopic (exact) mass is 396 g/mol. The van der Waals surface area contributed by atoms with Gasteiger partial charge in [0.1, 0.15) is 6.04 Å². The molecule has 0 saturated carbocycles. The molecule has 146 valence electrons. The van der Waals surface area contributed by atoms with Crippen molar-refractivity contribution in [1.82, 2.24) is 4.72 Å². The fourth-order valence-corrected chi connectivity index (χ4v) is 4.30. The van der Waals surface area contributed by atoms with Crippen LogP contribution in [0.5, 0.6) is 0 Å². The van der Waals surface area contributed by atoms with E-state index in [1.807, 2.05) is 57.2 Å². The van der Waals surface area contributed by atoms with E-state index >= 15 is 0 Å². The molecule has 0 aromatic heterocycles. The lowest BCUT2D eigenvalue weighted by molar-refractivity contribution is -0.118. The van der Waals surface area contributed by atoms with Gasteiger partial charge in [-0.05, 0) is 47.9 Å². The van der Waals surface area contributed by atoms with E-state index in [1.54, 1.807) is 30.3 Å². The fraction of sp³-hybridized carbons (Fsp3) is 0.227. The molecule has 1 unspecified atom stereocenters. The van der Waals surface area contributed by atoms with Crippen molar-refractivity contribution in [2.24, 2.45) is 5.92 Å². The Labute approximate surface area is 165 Å². The van der Waals surface area contributed by atoms with Crippen LogP contribution in [-0.4, -0.2) is 20.4 Å². The molecule has 1 amide bonds. The van der Waals surface area contributed by atoms with Gasteiger partial charge in [-0.25, -0.2) is 8.42 Å². The lowest BCUT2D eigenvalue weighted by Gasteiger charge is -2.22. The highest BCUT2D eigenvalue weighted by molar-refractivity contribution is 7.89. The van der Waals surface area contributed by atoms with E-state index in [-0.39, 0.29) is 16.7 Å². The molecule has 0 radical (unpaired) electrons. The first-order valence-electron chi connectivity index (χ1n) is 9.15. The van der Waals surface area contributed by atoms with Crippen molar-refractivity contribution in [2.75, 3.05) is 5.32 Å². The van der Waals surface area contributed by atoms with Crippen molar-refractivity contribution >= 4 is 32.4 Å². The quantitative estimate of drug-likeness (QED) is 0.659. The zero-order valence-electron chi connectivity index (χ0n) is 16.1. The lowest BCUT2D eigenvalue weighted by Crippen LogP contribution is -2.47. The van der Waals surface area contributed by atoms with Crippen molar-refractivity contribution in [1.29, 1.82) is 0 Å². The van der Waals surface area contributed by atoms with Crippen LogP contribution >= 0.6 is 0 Å². The normalized spacial score (nSPS) is 12.9. The first-order chi connectivity index (χ1) is 13.3. The van der Waals surface area contributed by atoms with Crippen LogP contribution in [0.25, 0.3) is 10.8 Å². The number of hydrogen-bond acceptors (Lipinski definition) is 3. The number of rotatable bonds is 6. The van der Waals surface area contributed by atoms with E-state index in [0.29, 0.717) is 5.69 Å². The highest BCUT2D eigenvalue weighted by Gasteiger charge is 2.28. The van der Waals surface area contributed by atoms with Gasteiger partial charge in [-0.3, -0.25) is 4.79 Å². The third-order valence-corrected chi connectivity index (χ3v) is 6.02. The number of sulfonamides is 1. The molecule has 28 heavy (non-hydrogen) atoms. The average Bonchev–Trinajstić information content (AvgIpc) is 2.67. The summed E-state index contributed by atoms with van der Waals surface area (Å²) in [6, 6.07) is 19.0. The molecule has 5 nitrogen and oxygen atoms in total. The highest BCUT2D eigenvalue weighted by Crippen LogP contribution is 2.20. The zero-order valence-corrected chi connectivity index (χ0v) is 17.0. The molecule has 3 rings (SSSR count). The summed E-state index contributed by atoms with van der Waals surface area (Å²) in [6.07, 6.45) is 0. The Morgan fingerprint density at radius 2 is 1.54 bits per heavy atom. The third-order valence-electron chi connectivity index (χ3n) is 4.58. The van der Waals surface area contributed by atoms with E-state index < -0.39 is 16.1 Å². The van der Waals surface area contributed by atoms with Crippen molar-refractivity contribution < 1.29 is 13.2 Å². The molecule has 3 aromatic carbocycles. The maximum absolute atomic E-state index is 12.9. The molecule has 0 aliphatic rings. The molecule has 0 saturated heterocycles. The molecule has 6 heteroatoms. The number of aryl methyl sites for hydroxylation is 1. The number of fused-ring (bicyclic) bond motifs is 1. The Balaban J connectivity index is 1.83. The van der Waals surface area contributed by atoms with Crippen LogP contribution in [0, 0.1) is 12.8 Å². The minimum atomic E-state index is -3.85. The molecule has 0 aliphatic heterocycles. The maximum Gasteiger partial charge on any atom is 0.242 e. The molecule has 0 heterocycles. The highest BCUT2D eigenvalue weighted by atomic mass is 32.2. The lowest BCUT2D eigenvalue weighted by atomic mass is 10.0. The Morgan fingerprint density at radius 3 is 2.18 bits per heavy atom. The number of benzene rings is 3. The molecule has 2 N–H and O–H groups in total. The summed E-state index contributed by atoms with van der Waals surface area (Å²) in [5, 5.41) is 4.57. The summed E-state index contributed by atoms with van der Waals surface area (Å²) in [7, 11) is -3.85. The van der Waals surface area contributed by atoms with Crippen LogP contribution in [0.3, 0.4) is 0 Å². The van der Waals surface area contributed by atoms with Crippen LogP contribution in [-0.2, 0) is 14.8 Å². The predicted octanol–water partition coefficient (Wildman–Crippen LogP) is 4.09. The maximum atomic E-state index is 12.9. The van der Waals surface area contributed by atoms with Crippen LogP contribution < -0.4 is 10.0 Å². The van der Waals surface area contributed by atoms with Gasteiger partial charge in [0.25, 0.3) is 0 Å². The number of carbonyl (C=O) groups is 1. The Hall–Kier alpha value is -2.70. The largest absolute Gasteiger partial charge is 0.325 e. The van der Waals surface area contributed by atoms with Crippen LogP contribution in [0.4, 0.5) is 5.69 Å². The molecule has 1 atom stereocenters. The summed E-state index contributed by atoms with van der Waals surface area (Å²) in [4.78, 5) is 12.9. The summed E-state index contributed by atoms with van der Waals surface area (Å²) >= 11 is 0. The van der Waals surface area contributed by atoms with Crippen LogP contribution in [0.15, 0.2) is 71.6 Å². The minimum absolute atomic E-state index is 0.139. The average molecular weight is 397 g/mol. The number of anilines is 1. The van der Waals surface area contributed by atoms with Gasteiger partial charge in [-0.1, -0.05) is 61.9 Å². The molecule has 0 spiro atoms. The summed E-state index contributed by atoms with van der Waals surface area (Å²) in [6.45, 7) is 5.57. The van der Waals surface area contributed by atoms with Gasteiger partial charge in [0.05, 0.1) is 4.90 Å². The van der Waals surface area contributed by atoms with Crippen molar-refractivity contribution in [3.05, 3.63) is 72.3 Å². The number of carbonyl (C=O) groups excluding carboxylic acids is 1. The van der Waals surface area contributed by atoms with Crippen molar-refractivity contribution in [2.45, 2.75) is 31.7 Å². The molecular weight excluding hydrogens is 372 g/mol. The van der Waals surface area contributed by atoms with E-state index in [1.165, 1.54) is 0 Å². The van der Waals surface area contributed by atoms with Gasteiger partial charge in [0.2, 0.25) is 15.9 Å². The molecule has 0 aliphatic carbocycles. The fourth-order valence-electron chi connectivity index (χ4n) is 2.92. The SMILES string of the molecule is Cc1ccc(NC(=O)C(NS(=O)(=O)c2ccc3ccccc3c2)C(C)C)cc1. The molecule has 3 aromatic rings. The second-order valence-electron chi connectivity index (χ2n) is 7.21. The third kappa shape index (κ3) is 4.58. The van der Waals surface area contributed by atoms with Gasteiger partial charge in [0, 0.05) is 5.69 Å². The first kappa shape index (κ1) is 20.0. The molecular formula is C22H24N2O3S. The number of hydrogen-bond donors (Lipinski definition) is 2. The Morgan fingerprint density at radius 1 is 0.893 bits per heavy atom. The molecule has 0 bridgehead atoms. The minimum Gasteiger partial charge on any atom is -0.325 e. The number of amides is 1. The predicted molar refractivity (Wildman–Crippen MR) is 113 cm³/mol. The zero-order chi connectivity index (χ0) is 20.3. The second kappa shape index (κ2) is 8.12. The van der Waals surface area contributed by atoms with Gasteiger partial charge in [0.15, 0.2) is 0 Å². The second-order valence-corrected chi connectivity index (χ2v) is 8.92. The van der Waals surface area contributed by atoms with E-state index in [0.717, 1.165) is 16.3 Å². The van der Waals surface area contributed by atoms with Crippen LogP contribution in [0.1, 0.15) is 19.4 Å². The van der Waals surface area contributed by atoms with Gasteiger partial charge >= 0.3 is 0 Å². The van der Waals surface area contributed by atoms with E-state index in [9.17, 15) is 13.2 Å². The summed E-state index contributed by atoms with van der Waals surface area (Å²) < 4.78 is 28.4. The van der Waals surface area contributed by atoms with Gasteiger partial charge in [-0.2, -0.15) is 4.72 Å². The van der Waals surface area contributed by atoms with Gasteiger partial charge in [-0.15, -0.1) is 0 Å². The van der Waals surface area contributed by atoms with Gasteiger partial charge < -0.3 is 5.32 Å². The number of nitrogens with one attached hydrogen (secondary N) is 2. The Bertz CT molecular complexity index is 1090. The standard InChI is InChI=1S/C22H24N2O3S/c1-15(2)21(22(25)23-19-11-8-16(3)9-12-19)24-28(26,27)20-13-10-17-6-4-5-7-18(17)14-20/h4-15,21,24H,1-3H3,(H,23,25). The smallest absolute Gasteiger partial charge is 0.242 e. The first-order valence-corrected chi connectivity index (χ1v) is 10.6.